The zero-order valence-electron chi connectivity index (χ0n) is 10.9. The Bertz CT molecular complexity index is 572. The number of benzene rings is 1. The van der Waals surface area contributed by atoms with Gasteiger partial charge in [-0.25, -0.2) is 0 Å². The summed E-state index contributed by atoms with van der Waals surface area (Å²) in [6.07, 6.45) is 1.30. The Morgan fingerprint density at radius 3 is 2.84 bits per heavy atom. The fraction of sp³-hybridized carbons (Fsp3) is 0.267. The molecule has 19 heavy (non-hydrogen) atoms. The first-order valence-electron chi connectivity index (χ1n) is 6.04. The molecule has 0 aliphatic rings. The molecular weight excluding hydrogens is 262 g/mol. The molecule has 1 N–H and O–H groups in total. The van der Waals surface area contributed by atoms with Crippen molar-refractivity contribution in [3.8, 4) is 5.75 Å². The van der Waals surface area contributed by atoms with Crippen molar-refractivity contribution in [2.75, 3.05) is 7.11 Å². The number of ether oxygens (including phenoxy) is 1. The van der Waals surface area contributed by atoms with Gasteiger partial charge in [-0.15, -0.1) is 0 Å². The predicted octanol–water partition coefficient (Wildman–Crippen LogP) is 3.33. The van der Waals surface area contributed by atoms with E-state index in [1.165, 1.54) is 0 Å². The lowest BCUT2D eigenvalue weighted by Gasteiger charge is -2.14. The lowest BCUT2D eigenvalue weighted by molar-refractivity contribution is 0.172. The molecule has 1 aromatic carbocycles. The number of methoxy groups -OCH3 is 1. The Morgan fingerprint density at radius 1 is 1.37 bits per heavy atom. The molecule has 1 atom stereocenters. The van der Waals surface area contributed by atoms with Crippen LogP contribution in [0.2, 0.25) is 5.02 Å². The second kappa shape index (κ2) is 6.04. The number of pyridine rings is 1. The van der Waals surface area contributed by atoms with Crippen LogP contribution < -0.4 is 4.74 Å². The molecule has 0 saturated carbocycles. The van der Waals surface area contributed by atoms with Crippen LogP contribution in [0, 0.1) is 6.92 Å². The first-order chi connectivity index (χ1) is 9.11. The smallest absolute Gasteiger partial charge is 0.122 e. The number of nitrogens with zero attached hydrogens (tertiary/aromatic N) is 1. The van der Waals surface area contributed by atoms with E-state index in [0.29, 0.717) is 17.1 Å². The molecule has 3 nitrogen and oxygen atoms in total. The third-order valence-electron chi connectivity index (χ3n) is 2.95. The molecular formula is C15H16ClNO2. The number of aromatic nitrogens is 1. The minimum Gasteiger partial charge on any atom is -0.496 e. The highest BCUT2D eigenvalue weighted by atomic mass is 35.5. The van der Waals surface area contributed by atoms with E-state index in [9.17, 15) is 5.11 Å². The maximum Gasteiger partial charge on any atom is 0.122 e. The summed E-state index contributed by atoms with van der Waals surface area (Å²) in [7, 11) is 1.62. The van der Waals surface area contributed by atoms with Gasteiger partial charge in [0.05, 0.1) is 17.8 Å². The maximum absolute atomic E-state index is 10.3. The van der Waals surface area contributed by atoms with Gasteiger partial charge < -0.3 is 9.84 Å². The second-order valence-corrected chi connectivity index (χ2v) is 4.81. The minimum absolute atomic E-state index is 0.418. The fourth-order valence-electron chi connectivity index (χ4n) is 2.01. The molecule has 0 saturated heterocycles. The summed E-state index contributed by atoms with van der Waals surface area (Å²) in [4.78, 5) is 4.13. The van der Waals surface area contributed by atoms with Crippen molar-refractivity contribution in [3.63, 3.8) is 0 Å². The number of hydrogen-bond donors (Lipinski definition) is 1. The van der Waals surface area contributed by atoms with Gasteiger partial charge in [-0.2, -0.15) is 0 Å². The van der Waals surface area contributed by atoms with Crippen LogP contribution in [0.1, 0.15) is 22.9 Å². The van der Waals surface area contributed by atoms with E-state index in [-0.39, 0.29) is 0 Å². The van der Waals surface area contributed by atoms with E-state index < -0.39 is 6.10 Å². The van der Waals surface area contributed by atoms with Crippen molar-refractivity contribution in [3.05, 3.63) is 58.4 Å². The molecule has 0 amide bonds. The van der Waals surface area contributed by atoms with E-state index in [2.05, 4.69) is 4.98 Å². The minimum atomic E-state index is -0.746. The monoisotopic (exact) mass is 277 g/mol. The first kappa shape index (κ1) is 13.8. The Balaban J connectivity index is 2.26. The lowest BCUT2D eigenvalue weighted by Crippen LogP contribution is -2.06. The molecule has 0 bridgehead atoms. The van der Waals surface area contributed by atoms with Crippen molar-refractivity contribution in [1.29, 1.82) is 0 Å². The standard InChI is InChI=1S/C15H16ClNO2/c1-10-5-6-14(19-2)11(8-10)9-13(18)15-12(16)4-3-7-17-15/h3-8,13,18H,9H2,1-2H3. The van der Waals surface area contributed by atoms with Gasteiger partial charge in [0.25, 0.3) is 0 Å². The highest BCUT2D eigenvalue weighted by Gasteiger charge is 2.16. The highest BCUT2D eigenvalue weighted by Crippen LogP contribution is 2.28. The maximum atomic E-state index is 10.3. The largest absolute Gasteiger partial charge is 0.496 e. The Labute approximate surface area is 117 Å². The first-order valence-corrected chi connectivity index (χ1v) is 6.41. The topological polar surface area (TPSA) is 42.4 Å². The Kier molecular flexibility index (Phi) is 4.40. The number of hydrogen-bond acceptors (Lipinski definition) is 3. The normalized spacial score (nSPS) is 12.2. The van der Waals surface area contributed by atoms with Crippen LogP contribution in [0.15, 0.2) is 36.5 Å². The lowest BCUT2D eigenvalue weighted by atomic mass is 10.0. The van der Waals surface area contributed by atoms with Crippen LogP contribution in [-0.4, -0.2) is 17.2 Å². The van der Waals surface area contributed by atoms with Gasteiger partial charge in [-0.1, -0.05) is 29.3 Å². The number of aliphatic hydroxyl groups is 1. The van der Waals surface area contributed by atoms with E-state index in [4.69, 9.17) is 16.3 Å². The van der Waals surface area contributed by atoms with Crippen LogP contribution in [0.5, 0.6) is 5.75 Å². The van der Waals surface area contributed by atoms with Crippen molar-refractivity contribution in [1.82, 2.24) is 4.98 Å². The third-order valence-corrected chi connectivity index (χ3v) is 3.27. The molecule has 0 spiro atoms. The molecule has 100 valence electrons. The predicted molar refractivity (Wildman–Crippen MR) is 75.6 cm³/mol. The van der Waals surface area contributed by atoms with E-state index in [1.54, 1.807) is 25.4 Å². The van der Waals surface area contributed by atoms with E-state index >= 15 is 0 Å². The summed E-state index contributed by atoms with van der Waals surface area (Å²) in [6, 6.07) is 9.34. The highest BCUT2D eigenvalue weighted by molar-refractivity contribution is 6.31. The summed E-state index contributed by atoms with van der Waals surface area (Å²) in [5, 5.41) is 10.7. The van der Waals surface area contributed by atoms with Crippen molar-refractivity contribution < 1.29 is 9.84 Å². The van der Waals surface area contributed by atoms with Crippen LogP contribution >= 0.6 is 11.6 Å². The molecule has 2 rings (SSSR count). The molecule has 0 radical (unpaired) electrons. The average molecular weight is 278 g/mol. The number of halogens is 1. The fourth-order valence-corrected chi connectivity index (χ4v) is 2.26. The van der Waals surface area contributed by atoms with Gasteiger partial charge in [0, 0.05) is 12.6 Å². The van der Waals surface area contributed by atoms with Gasteiger partial charge in [-0.05, 0) is 30.7 Å². The third kappa shape index (κ3) is 3.25. The van der Waals surface area contributed by atoms with Crippen molar-refractivity contribution in [2.24, 2.45) is 0 Å². The van der Waals surface area contributed by atoms with E-state index in [1.807, 2.05) is 25.1 Å². The van der Waals surface area contributed by atoms with E-state index in [0.717, 1.165) is 16.9 Å². The van der Waals surface area contributed by atoms with Crippen LogP contribution in [0.25, 0.3) is 0 Å². The number of rotatable bonds is 4. The summed E-state index contributed by atoms with van der Waals surface area (Å²) >= 11 is 6.04. The Hall–Kier alpha value is -1.58. The SMILES string of the molecule is COc1ccc(C)cc1CC(O)c1ncccc1Cl. The zero-order chi connectivity index (χ0) is 13.8. The summed E-state index contributed by atoms with van der Waals surface area (Å²) in [6.45, 7) is 2.00. The molecule has 0 aliphatic carbocycles. The molecule has 1 unspecified atom stereocenters. The van der Waals surface area contributed by atoms with Crippen molar-refractivity contribution >= 4 is 11.6 Å². The van der Waals surface area contributed by atoms with Crippen LogP contribution in [-0.2, 0) is 6.42 Å². The molecule has 1 aromatic heterocycles. The number of aryl methyl sites for hydroxylation is 1. The zero-order valence-corrected chi connectivity index (χ0v) is 11.7. The van der Waals surface area contributed by atoms with Crippen molar-refractivity contribution in [2.45, 2.75) is 19.4 Å². The summed E-state index contributed by atoms with van der Waals surface area (Å²) in [5.41, 5.74) is 2.56. The molecule has 0 aliphatic heterocycles. The van der Waals surface area contributed by atoms with Gasteiger partial charge in [0.15, 0.2) is 0 Å². The molecule has 4 heteroatoms. The molecule has 0 fully saturated rings. The van der Waals surface area contributed by atoms with Gasteiger partial charge in [0.1, 0.15) is 11.9 Å². The van der Waals surface area contributed by atoms with Gasteiger partial charge >= 0.3 is 0 Å². The van der Waals surface area contributed by atoms with Crippen LogP contribution in [0.3, 0.4) is 0 Å². The van der Waals surface area contributed by atoms with Crippen LogP contribution in [0.4, 0.5) is 0 Å². The second-order valence-electron chi connectivity index (χ2n) is 4.41. The average Bonchev–Trinajstić information content (AvgIpc) is 2.39. The van der Waals surface area contributed by atoms with Gasteiger partial charge in [0.2, 0.25) is 0 Å². The molecule has 1 heterocycles. The number of aliphatic hydroxyl groups excluding tert-OH is 1. The Morgan fingerprint density at radius 2 is 2.16 bits per heavy atom. The van der Waals surface area contributed by atoms with Gasteiger partial charge in [-0.3, -0.25) is 4.98 Å². The summed E-state index contributed by atoms with van der Waals surface area (Å²) < 4.78 is 5.30. The quantitative estimate of drug-likeness (QED) is 0.932. The molecule has 2 aromatic rings. The summed E-state index contributed by atoms with van der Waals surface area (Å²) in [5.74, 6) is 0.761.